The summed E-state index contributed by atoms with van der Waals surface area (Å²) in [7, 11) is 0. The second-order valence-electron chi connectivity index (χ2n) is 6.72. The van der Waals surface area contributed by atoms with E-state index in [4.69, 9.17) is 4.74 Å². The summed E-state index contributed by atoms with van der Waals surface area (Å²) in [5, 5.41) is 3.25. The number of carbonyl (C=O) groups excluding carboxylic acids is 1. The molecule has 0 spiro atoms. The second-order valence-corrected chi connectivity index (χ2v) is 7.68. The molecule has 2 N–H and O–H groups in total. The summed E-state index contributed by atoms with van der Waals surface area (Å²) in [5.41, 5.74) is 2.26. The molecular formula is C22H21N3O3S. The lowest BCUT2D eigenvalue weighted by molar-refractivity contribution is -0.116. The first-order valence-electron chi connectivity index (χ1n) is 9.47. The smallest absolute Gasteiger partial charge is 0.257 e. The quantitative estimate of drug-likeness (QED) is 0.478. The number of aromatic nitrogens is 2. The van der Waals surface area contributed by atoms with Crippen molar-refractivity contribution in [1.82, 2.24) is 9.97 Å². The van der Waals surface area contributed by atoms with Gasteiger partial charge < -0.3 is 15.0 Å². The second kappa shape index (κ2) is 8.53. The van der Waals surface area contributed by atoms with Gasteiger partial charge in [0.15, 0.2) is 5.16 Å². The Morgan fingerprint density at radius 2 is 1.97 bits per heavy atom. The van der Waals surface area contributed by atoms with Crippen LogP contribution in [0.4, 0.5) is 5.82 Å². The van der Waals surface area contributed by atoms with Gasteiger partial charge in [-0.15, -0.1) is 0 Å². The number of fused-ring (bicyclic) bond motifs is 1. The third kappa shape index (κ3) is 4.35. The summed E-state index contributed by atoms with van der Waals surface area (Å²) < 4.78 is 5.57. The van der Waals surface area contributed by atoms with E-state index < -0.39 is 0 Å². The topological polar surface area (TPSA) is 84.1 Å². The number of ether oxygens (including phenoxy) is 1. The van der Waals surface area contributed by atoms with Gasteiger partial charge in [0, 0.05) is 18.1 Å². The van der Waals surface area contributed by atoms with Crippen LogP contribution >= 0.6 is 11.8 Å². The molecule has 4 rings (SSSR count). The number of carbonyl (C=O) groups is 1. The van der Waals surface area contributed by atoms with Crippen molar-refractivity contribution in [3.63, 3.8) is 0 Å². The minimum Gasteiger partial charge on any atom is -0.494 e. The number of amides is 1. The highest BCUT2D eigenvalue weighted by Crippen LogP contribution is 2.35. The van der Waals surface area contributed by atoms with Crippen LogP contribution in [-0.4, -0.2) is 22.5 Å². The zero-order valence-corrected chi connectivity index (χ0v) is 16.8. The molecule has 3 aromatic rings. The Bertz CT molecular complexity index is 1080. The minimum absolute atomic E-state index is 0.151. The maximum Gasteiger partial charge on any atom is 0.257 e. The van der Waals surface area contributed by atoms with E-state index >= 15 is 0 Å². The van der Waals surface area contributed by atoms with E-state index in [0.29, 0.717) is 28.9 Å². The van der Waals surface area contributed by atoms with Crippen molar-refractivity contribution in [1.29, 1.82) is 0 Å². The lowest BCUT2D eigenvalue weighted by atomic mass is 9.87. The maximum atomic E-state index is 12.9. The van der Waals surface area contributed by atoms with Crippen molar-refractivity contribution >= 4 is 23.5 Å². The lowest BCUT2D eigenvalue weighted by Crippen LogP contribution is -2.31. The Labute approximate surface area is 172 Å². The Kier molecular flexibility index (Phi) is 5.67. The van der Waals surface area contributed by atoms with Gasteiger partial charge in [0.1, 0.15) is 11.6 Å². The standard InChI is InChI=1S/C22H21N3O3S/c1-2-28-16-10-6-9-15(11-16)17-12-18(26)23-20-19(17)21(27)25-22(24-20)29-13-14-7-4-3-5-8-14/h3-11,17H,2,12-13H2,1H3,(H2,23,24,25,26,27)/t17-/m0/s1. The van der Waals surface area contributed by atoms with Crippen molar-refractivity contribution in [2.45, 2.75) is 30.2 Å². The molecule has 0 unspecified atom stereocenters. The van der Waals surface area contributed by atoms with Crippen LogP contribution in [0.25, 0.3) is 0 Å². The molecule has 1 atom stereocenters. The molecule has 0 saturated carbocycles. The fourth-order valence-electron chi connectivity index (χ4n) is 3.42. The van der Waals surface area contributed by atoms with Gasteiger partial charge in [0.05, 0.1) is 12.2 Å². The molecule has 0 bridgehead atoms. The SMILES string of the molecule is CCOc1cccc([C@@H]2CC(=O)Nc3nc(SCc4ccccc4)[nH]c(=O)c32)c1. The Morgan fingerprint density at radius 3 is 2.76 bits per heavy atom. The first-order chi connectivity index (χ1) is 14.1. The van der Waals surface area contributed by atoms with Gasteiger partial charge in [-0.3, -0.25) is 9.59 Å². The summed E-state index contributed by atoms with van der Waals surface area (Å²) in [6, 6.07) is 17.5. The fourth-order valence-corrected chi connectivity index (χ4v) is 4.23. The summed E-state index contributed by atoms with van der Waals surface area (Å²) >= 11 is 1.43. The average molecular weight is 407 g/mol. The fraction of sp³-hybridized carbons (Fsp3) is 0.227. The first kappa shape index (κ1) is 19.3. The van der Waals surface area contributed by atoms with Crippen molar-refractivity contribution in [3.8, 4) is 5.75 Å². The highest BCUT2D eigenvalue weighted by atomic mass is 32.2. The van der Waals surface area contributed by atoms with Gasteiger partial charge in [-0.1, -0.05) is 54.2 Å². The van der Waals surface area contributed by atoms with Gasteiger partial charge in [0.25, 0.3) is 5.56 Å². The molecule has 1 amide bonds. The molecular weight excluding hydrogens is 386 g/mol. The summed E-state index contributed by atoms with van der Waals surface area (Å²) in [6.07, 6.45) is 0.198. The molecule has 0 radical (unpaired) electrons. The van der Waals surface area contributed by atoms with Crippen molar-refractivity contribution < 1.29 is 9.53 Å². The molecule has 2 aromatic carbocycles. The van der Waals surface area contributed by atoms with Crippen LogP contribution in [-0.2, 0) is 10.5 Å². The van der Waals surface area contributed by atoms with E-state index in [1.165, 1.54) is 11.8 Å². The number of H-pyrrole nitrogens is 1. The average Bonchev–Trinajstić information content (AvgIpc) is 2.72. The highest BCUT2D eigenvalue weighted by molar-refractivity contribution is 7.98. The number of hydrogen-bond donors (Lipinski definition) is 2. The maximum absolute atomic E-state index is 12.9. The number of aromatic amines is 1. The number of hydrogen-bond acceptors (Lipinski definition) is 5. The van der Waals surface area contributed by atoms with E-state index in [9.17, 15) is 9.59 Å². The number of anilines is 1. The minimum atomic E-state index is -0.358. The zero-order valence-electron chi connectivity index (χ0n) is 16.0. The van der Waals surface area contributed by atoms with E-state index in [1.54, 1.807) is 0 Å². The van der Waals surface area contributed by atoms with E-state index in [0.717, 1.165) is 16.9 Å². The predicted molar refractivity (Wildman–Crippen MR) is 114 cm³/mol. The van der Waals surface area contributed by atoms with Crippen LogP contribution in [0.3, 0.4) is 0 Å². The molecule has 1 aliphatic rings. The molecule has 0 saturated heterocycles. The van der Waals surface area contributed by atoms with E-state index in [1.807, 2.05) is 61.5 Å². The van der Waals surface area contributed by atoms with Gasteiger partial charge in [0.2, 0.25) is 5.91 Å². The van der Waals surface area contributed by atoms with E-state index in [2.05, 4.69) is 15.3 Å². The third-order valence-electron chi connectivity index (χ3n) is 4.72. The van der Waals surface area contributed by atoms with Crippen LogP contribution in [0.1, 0.15) is 36.0 Å². The zero-order chi connectivity index (χ0) is 20.2. The van der Waals surface area contributed by atoms with Crippen molar-refractivity contribution in [2.24, 2.45) is 0 Å². The normalized spacial score (nSPS) is 15.5. The van der Waals surface area contributed by atoms with Gasteiger partial charge >= 0.3 is 0 Å². The summed E-state index contributed by atoms with van der Waals surface area (Å²) in [6.45, 7) is 2.47. The molecule has 0 fully saturated rings. The number of rotatable bonds is 6. The predicted octanol–water partition coefficient (Wildman–Crippen LogP) is 3.94. The van der Waals surface area contributed by atoms with Crippen LogP contribution in [0.5, 0.6) is 5.75 Å². The monoisotopic (exact) mass is 407 g/mol. The largest absolute Gasteiger partial charge is 0.494 e. The van der Waals surface area contributed by atoms with Crippen molar-refractivity contribution in [2.75, 3.05) is 11.9 Å². The molecule has 29 heavy (non-hydrogen) atoms. The number of nitrogens with one attached hydrogen (secondary N) is 2. The molecule has 148 valence electrons. The number of benzene rings is 2. The van der Waals surface area contributed by atoms with Crippen LogP contribution in [0, 0.1) is 0 Å². The first-order valence-corrected chi connectivity index (χ1v) is 10.5. The molecule has 1 aromatic heterocycles. The lowest BCUT2D eigenvalue weighted by Gasteiger charge is -2.24. The Hall–Kier alpha value is -3.06. The molecule has 1 aliphatic heterocycles. The van der Waals surface area contributed by atoms with Gasteiger partial charge in [-0.25, -0.2) is 4.98 Å². The molecule has 6 nitrogen and oxygen atoms in total. The number of nitrogens with zero attached hydrogens (tertiary/aromatic N) is 1. The van der Waals surface area contributed by atoms with Crippen molar-refractivity contribution in [3.05, 3.63) is 81.6 Å². The molecule has 7 heteroatoms. The highest BCUT2D eigenvalue weighted by Gasteiger charge is 2.31. The van der Waals surface area contributed by atoms with Crippen LogP contribution in [0.15, 0.2) is 64.5 Å². The summed E-state index contributed by atoms with van der Waals surface area (Å²) in [5.74, 6) is 1.23. The third-order valence-corrected chi connectivity index (χ3v) is 5.66. The molecule has 0 aliphatic carbocycles. The molecule has 2 heterocycles. The van der Waals surface area contributed by atoms with Gasteiger partial charge in [-0.05, 0) is 30.2 Å². The summed E-state index contributed by atoms with van der Waals surface area (Å²) in [4.78, 5) is 32.6. The van der Waals surface area contributed by atoms with Crippen LogP contribution in [0.2, 0.25) is 0 Å². The Morgan fingerprint density at radius 1 is 1.14 bits per heavy atom. The number of thioether (sulfide) groups is 1. The Balaban J connectivity index is 1.65. The van der Waals surface area contributed by atoms with E-state index in [-0.39, 0.29) is 23.8 Å². The van der Waals surface area contributed by atoms with Crippen LogP contribution < -0.4 is 15.6 Å². The van der Waals surface area contributed by atoms with Gasteiger partial charge in [-0.2, -0.15) is 0 Å².